The number of rotatable bonds is 6. The van der Waals surface area contributed by atoms with E-state index >= 15 is 0 Å². The number of hydrogen-bond acceptors (Lipinski definition) is 3. The molecule has 0 saturated heterocycles. The van der Waals surface area contributed by atoms with Gasteiger partial charge in [0.2, 0.25) is 5.91 Å². The first-order chi connectivity index (χ1) is 10.6. The Hall–Kier alpha value is -1.89. The van der Waals surface area contributed by atoms with Gasteiger partial charge in [0.05, 0.1) is 3.57 Å². The maximum atomic E-state index is 12.1. The van der Waals surface area contributed by atoms with E-state index in [9.17, 15) is 9.59 Å². The Labute approximate surface area is 143 Å². The molecule has 4 nitrogen and oxygen atoms in total. The average molecular weight is 409 g/mol. The Balaban J connectivity index is 1.95. The Morgan fingerprint density at radius 3 is 2.41 bits per heavy atom. The number of anilines is 1. The minimum absolute atomic E-state index is 0.0132. The fourth-order valence-corrected chi connectivity index (χ4v) is 2.32. The van der Waals surface area contributed by atoms with Crippen molar-refractivity contribution in [1.82, 2.24) is 0 Å². The normalized spacial score (nSPS) is 10.1. The number of carbonyl (C=O) groups is 2. The smallest absolute Gasteiger partial charge is 0.224 e. The molecule has 0 aliphatic rings. The molecular weight excluding hydrogens is 393 g/mol. The summed E-state index contributed by atoms with van der Waals surface area (Å²) in [4.78, 5) is 23.4. The van der Waals surface area contributed by atoms with Gasteiger partial charge in [-0.1, -0.05) is 19.1 Å². The largest absolute Gasteiger partial charge is 0.484 e. The molecule has 0 spiro atoms. The molecule has 2 rings (SSSR count). The second-order valence-corrected chi connectivity index (χ2v) is 5.78. The van der Waals surface area contributed by atoms with E-state index in [2.05, 4.69) is 27.9 Å². The fourth-order valence-electron chi connectivity index (χ4n) is 1.78. The quantitative estimate of drug-likeness (QED) is 0.582. The third kappa shape index (κ3) is 4.56. The fraction of sp³-hybridized carbons (Fsp3) is 0.176. The number of amides is 1. The number of nitrogens with one attached hydrogen (secondary N) is 1. The highest BCUT2D eigenvalue weighted by Gasteiger charge is 2.08. The molecule has 0 aliphatic carbocycles. The number of hydrogen-bond donors (Lipinski definition) is 1. The molecule has 0 radical (unpaired) electrons. The van der Waals surface area contributed by atoms with E-state index in [0.717, 1.165) is 3.57 Å². The molecule has 0 aliphatic heterocycles. The van der Waals surface area contributed by atoms with Gasteiger partial charge in [-0.05, 0) is 59.0 Å². The number of Topliss-reactive ketones (excluding diaryl/α,β-unsaturated/α-hetero) is 1. The van der Waals surface area contributed by atoms with Crippen molar-refractivity contribution in [2.24, 2.45) is 0 Å². The van der Waals surface area contributed by atoms with Gasteiger partial charge < -0.3 is 10.1 Å². The van der Waals surface area contributed by atoms with Crippen LogP contribution in [0.5, 0.6) is 5.75 Å². The summed E-state index contributed by atoms with van der Waals surface area (Å²) in [6, 6.07) is 14.3. The Bertz CT molecular complexity index is 668. The van der Waals surface area contributed by atoms with Crippen molar-refractivity contribution < 1.29 is 14.3 Å². The number of carbonyl (C=O) groups excluding carboxylic acids is 2. The van der Waals surface area contributed by atoms with E-state index in [4.69, 9.17) is 4.74 Å². The van der Waals surface area contributed by atoms with Gasteiger partial charge in [0.15, 0.2) is 12.4 Å². The summed E-state index contributed by atoms with van der Waals surface area (Å²) in [5, 5.41) is 2.74. The van der Waals surface area contributed by atoms with Crippen LogP contribution in [-0.2, 0) is 4.79 Å². The first-order valence-electron chi connectivity index (χ1n) is 6.90. The summed E-state index contributed by atoms with van der Waals surface area (Å²) >= 11 is 2.16. The van der Waals surface area contributed by atoms with E-state index in [1.807, 2.05) is 24.3 Å². The lowest BCUT2D eigenvalue weighted by Crippen LogP contribution is -2.13. The van der Waals surface area contributed by atoms with Crippen LogP contribution < -0.4 is 10.1 Å². The molecule has 2 aromatic rings. The highest BCUT2D eigenvalue weighted by molar-refractivity contribution is 14.1. The molecule has 1 N–H and O–H groups in total. The summed E-state index contributed by atoms with van der Waals surface area (Å²) in [6.45, 7) is 1.77. The topological polar surface area (TPSA) is 55.4 Å². The van der Waals surface area contributed by atoms with Gasteiger partial charge in [0.25, 0.3) is 0 Å². The molecule has 0 saturated carbocycles. The van der Waals surface area contributed by atoms with Gasteiger partial charge in [-0.15, -0.1) is 0 Å². The standard InChI is InChI=1S/C17H16INO3/c1-2-17(21)19-13-9-7-12(8-10-13)15(20)11-22-16-6-4-3-5-14(16)18/h3-10H,2,11H2,1H3,(H,19,21). The maximum absolute atomic E-state index is 12.1. The highest BCUT2D eigenvalue weighted by atomic mass is 127. The van der Waals surface area contributed by atoms with Crippen LogP contribution in [-0.4, -0.2) is 18.3 Å². The predicted octanol–water partition coefficient (Wildman–Crippen LogP) is 3.90. The lowest BCUT2D eigenvalue weighted by atomic mass is 10.1. The molecule has 5 heteroatoms. The lowest BCUT2D eigenvalue weighted by Gasteiger charge is -2.08. The second kappa shape index (κ2) is 7.93. The first kappa shape index (κ1) is 16.5. The zero-order valence-electron chi connectivity index (χ0n) is 12.1. The number of ether oxygens (including phenoxy) is 1. The summed E-state index contributed by atoms with van der Waals surface area (Å²) < 4.78 is 6.50. The second-order valence-electron chi connectivity index (χ2n) is 4.62. The highest BCUT2D eigenvalue weighted by Crippen LogP contribution is 2.20. The monoisotopic (exact) mass is 409 g/mol. The van der Waals surface area contributed by atoms with Crippen molar-refractivity contribution in [3.05, 3.63) is 57.7 Å². The van der Waals surface area contributed by atoms with Crippen LogP contribution in [0.2, 0.25) is 0 Å². The first-order valence-corrected chi connectivity index (χ1v) is 7.98. The van der Waals surface area contributed by atoms with Gasteiger partial charge in [-0.25, -0.2) is 0 Å². The van der Waals surface area contributed by atoms with Crippen LogP contribution in [0.15, 0.2) is 48.5 Å². The molecule has 0 bridgehead atoms. The number of ketones is 1. The van der Waals surface area contributed by atoms with Crippen LogP contribution in [0, 0.1) is 3.57 Å². The van der Waals surface area contributed by atoms with Crippen molar-refractivity contribution in [2.45, 2.75) is 13.3 Å². The van der Waals surface area contributed by atoms with Gasteiger partial charge in [0.1, 0.15) is 5.75 Å². The predicted molar refractivity (Wildman–Crippen MR) is 94.3 cm³/mol. The molecule has 0 fully saturated rings. The van der Waals surface area contributed by atoms with Gasteiger partial charge in [-0.3, -0.25) is 9.59 Å². The Morgan fingerprint density at radius 1 is 1.09 bits per heavy atom. The van der Waals surface area contributed by atoms with Crippen LogP contribution in [0.1, 0.15) is 23.7 Å². The van der Waals surface area contributed by atoms with Crippen molar-refractivity contribution >= 4 is 40.0 Å². The van der Waals surface area contributed by atoms with Gasteiger partial charge in [0, 0.05) is 17.7 Å². The van der Waals surface area contributed by atoms with Crippen LogP contribution in [0.4, 0.5) is 5.69 Å². The summed E-state index contributed by atoms with van der Waals surface area (Å²) in [5.74, 6) is 0.539. The zero-order valence-corrected chi connectivity index (χ0v) is 14.3. The van der Waals surface area contributed by atoms with E-state index in [0.29, 0.717) is 23.4 Å². The molecule has 1 amide bonds. The number of para-hydroxylation sites is 1. The van der Waals surface area contributed by atoms with Crippen LogP contribution >= 0.6 is 22.6 Å². The maximum Gasteiger partial charge on any atom is 0.224 e. The number of benzene rings is 2. The molecular formula is C17H16INO3. The number of halogens is 1. The van der Waals surface area contributed by atoms with E-state index in [-0.39, 0.29) is 18.3 Å². The van der Waals surface area contributed by atoms with Crippen molar-refractivity contribution in [3.8, 4) is 5.75 Å². The minimum atomic E-state index is -0.104. The lowest BCUT2D eigenvalue weighted by molar-refractivity contribution is -0.115. The summed E-state index contributed by atoms with van der Waals surface area (Å²) in [7, 11) is 0. The van der Waals surface area contributed by atoms with Gasteiger partial charge >= 0.3 is 0 Å². The summed E-state index contributed by atoms with van der Waals surface area (Å²) in [6.07, 6.45) is 0.421. The van der Waals surface area contributed by atoms with E-state index in [1.165, 1.54) is 0 Å². The molecule has 0 atom stereocenters. The van der Waals surface area contributed by atoms with Crippen molar-refractivity contribution in [2.75, 3.05) is 11.9 Å². The van der Waals surface area contributed by atoms with Crippen molar-refractivity contribution in [1.29, 1.82) is 0 Å². The van der Waals surface area contributed by atoms with Crippen LogP contribution in [0.3, 0.4) is 0 Å². The third-order valence-electron chi connectivity index (χ3n) is 3.01. The van der Waals surface area contributed by atoms with E-state index in [1.54, 1.807) is 31.2 Å². The molecule has 22 heavy (non-hydrogen) atoms. The molecule has 0 aromatic heterocycles. The van der Waals surface area contributed by atoms with Crippen molar-refractivity contribution in [3.63, 3.8) is 0 Å². The average Bonchev–Trinajstić information content (AvgIpc) is 2.54. The van der Waals surface area contributed by atoms with Gasteiger partial charge in [-0.2, -0.15) is 0 Å². The SMILES string of the molecule is CCC(=O)Nc1ccc(C(=O)COc2ccccc2I)cc1. The Morgan fingerprint density at radius 2 is 1.77 bits per heavy atom. The Kier molecular flexibility index (Phi) is 5.94. The molecule has 2 aromatic carbocycles. The molecule has 114 valence electrons. The zero-order chi connectivity index (χ0) is 15.9. The van der Waals surface area contributed by atoms with Crippen LogP contribution in [0.25, 0.3) is 0 Å². The third-order valence-corrected chi connectivity index (χ3v) is 3.90. The summed E-state index contributed by atoms with van der Waals surface area (Å²) in [5.41, 5.74) is 1.24. The minimum Gasteiger partial charge on any atom is -0.484 e. The molecule has 0 heterocycles. The van der Waals surface area contributed by atoms with E-state index < -0.39 is 0 Å². The molecule has 0 unspecified atom stereocenters.